The molecule has 0 saturated heterocycles. The van der Waals surface area contributed by atoms with Gasteiger partial charge in [0.05, 0.1) is 7.11 Å². The molecule has 4 rings (SSSR count). The van der Waals surface area contributed by atoms with E-state index in [1.54, 1.807) is 5.57 Å². The highest BCUT2D eigenvalue weighted by molar-refractivity contribution is 5.77. The van der Waals surface area contributed by atoms with Gasteiger partial charge >= 0.3 is 5.97 Å². The van der Waals surface area contributed by atoms with Crippen molar-refractivity contribution in [3.63, 3.8) is 0 Å². The molecule has 4 aliphatic carbocycles. The summed E-state index contributed by atoms with van der Waals surface area (Å²) in [7, 11) is 1.51. The van der Waals surface area contributed by atoms with Crippen molar-refractivity contribution in [2.24, 2.45) is 40.4 Å². The quantitative estimate of drug-likeness (QED) is 0.405. The van der Waals surface area contributed by atoms with E-state index in [0.717, 1.165) is 32.1 Å². The second kappa shape index (κ2) is 7.96. The number of ether oxygens (including phenoxy) is 1. The molecule has 0 unspecified atom stereocenters. The molecule has 5 nitrogen and oxygen atoms in total. The summed E-state index contributed by atoms with van der Waals surface area (Å²) in [6.45, 7) is 8.54. The first kappa shape index (κ1) is 21.9. The van der Waals surface area contributed by atoms with Crippen LogP contribution in [0.3, 0.4) is 0 Å². The second-order valence-corrected chi connectivity index (χ2v) is 10.9. The first-order valence-electron chi connectivity index (χ1n) is 11.9. The molecular formula is C25H39NO4. The number of allylic oxidation sites excluding steroid dienone is 2. The summed E-state index contributed by atoms with van der Waals surface area (Å²) in [6.07, 6.45) is 11.7. The van der Waals surface area contributed by atoms with Crippen LogP contribution in [-0.4, -0.2) is 25.1 Å². The van der Waals surface area contributed by atoms with Gasteiger partial charge in [-0.05, 0) is 85.9 Å². The first-order chi connectivity index (χ1) is 14.2. The number of hydroxylamine groups is 1. The van der Waals surface area contributed by atoms with E-state index in [-0.39, 0.29) is 29.3 Å². The molecule has 0 radical (unpaired) electrons. The van der Waals surface area contributed by atoms with Gasteiger partial charge in [0.1, 0.15) is 6.10 Å². The molecule has 0 heterocycles. The van der Waals surface area contributed by atoms with Crippen molar-refractivity contribution in [2.75, 3.05) is 7.11 Å². The van der Waals surface area contributed by atoms with Crippen LogP contribution in [0.2, 0.25) is 0 Å². The van der Waals surface area contributed by atoms with Crippen LogP contribution in [-0.2, 0) is 19.2 Å². The maximum atomic E-state index is 12.5. The Morgan fingerprint density at radius 3 is 2.50 bits per heavy atom. The van der Waals surface area contributed by atoms with Gasteiger partial charge in [0.25, 0.3) is 0 Å². The van der Waals surface area contributed by atoms with Gasteiger partial charge in [-0.2, -0.15) is 0 Å². The van der Waals surface area contributed by atoms with Crippen LogP contribution in [0.4, 0.5) is 0 Å². The molecule has 3 saturated carbocycles. The van der Waals surface area contributed by atoms with Crippen molar-refractivity contribution in [3.05, 3.63) is 11.6 Å². The number of hydrogen-bond donors (Lipinski definition) is 1. The Morgan fingerprint density at radius 1 is 1.10 bits per heavy atom. The zero-order valence-corrected chi connectivity index (χ0v) is 19.3. The Balaban J connectivity index is 1.54. The lowest BCUT2D eigenvalue weighted by Gasteiger charge is -2.57. The van der Waals surface area contributed by atoms with Crippen LogP contribution in [0.1, 0.15) is 79.1 Å². The van der Waals surface area contributed by atoms with Crippen molar-refractivity contribution in [1.29, 1.82) is 0 Å². The molecule has 0 bridgehead atoms. The third kappa shape index (κ3) is 3.41. The van der Waals surface area contributed by atoms with Gasteiger partial charge in [-0.3, -0.25) is 14.4 Å². The number of fused-ring (bicyclic) bond motifs is 5. The fourth-order valence-electron chi connectivity index (χ4n) is 8.05. The van der Waals surface area contributed by atoms with Gasteiger partial charge in [-0.15, -0.1) is 0 Å². The van der Waals surface area contributed by atoms with E-state index in [9.17, 15) is 9.59 Å². The van der Waals surface area contributed by atoms with E-state index in [0.29, 0.717) is 29.1 Å². The average molecular weight is 418 g/mol. The summed E-state index contributed by atoms with van der Waals surface area (Å²) < 4.78 is 5.58. The van der Waals surface area contributed by atoms with Crippen molar-refractivity contribution < 1.29 is 19.2 Å². The van der Waals surface area contributed by atoms with Gasteiger partial charge in [0.15, 0.2) is 0 Å². The first-order valence-corrected chi connectivity index (χ1v) is 11.9. The molecule has 0 aromatic rings. The summed E-state index contributed by atoms with van der Waals surface area (Å²) in [6, 6.07) is 0. The summed E-state index contributed by atoms with van der Waals surface area (Å²) in [5.74, 6) is 2.11. The molecule has 0 aromatic heterocycles. The van der Waals surface area contributed by atoms with Gasteiger partial charge in [0.2, 0.25) is 5.91 Å². The van der Waals surface area contributed by atoms with E-state index in [4.69, 9.17) is 9.57 Å². The van der Waals surface area contributed by atoms with Crippen LogP contribution >= 0.6 is 0 Å². The molecule has 30 heavy (non-hydrogen) atoms. The van der Waals surface area contributed by atoms with Crippen molar-refractivity contribution >= 4 is 11.9 Å². The van der Waals surface area contributed by atoms with Gasteiger partial charge < -0.3 is 4.74 Å². The number of nitrogens with one attached hydrogen (secondary N) is 1. The predicted octanol–water partition coefficient (Wildman–Crippen LogP) is 4.81. The third-order valence-electron chi connectivity index (χ3n) is 9.66. The smallest absolute Gasteiger partial charge is 0.302 e. The summed E-state index contributed by atoms with van der Waals surface area (Å²) in [5.41, 5.74) is 4.77. The third-order valence-corrected chi connectivity index (χ3v) is 9.66. The zero-order chi connectivity index (χ0) is 21.7. The number of carbonyl (C=O) groups is 2. The van der Waals surface area contributed by atoms with Crippen LogP contribution < -0.4 is 5.48 Å². The Bertz CT molecular complexity index is 733. The molecule has 3 fully saturated rings. The average Bonchev–Trinajstić information content (AvgIpc) is 3.04. The highest BCUT2D eigenvalue weighted by Gasteiger charge is 2.58. The van der Waals surface area contributed by atoms with E-state index >= 15 is 0 Å². The minimum Gasteiger partial charge on any atom is -0.463 e. The fourth-order valence-corrected chi connectivity index (χ4v) is 8.05. The molecule has 0 spiro atoms. The molecule has 168 valence electrons. The summed E-state index contributed by atoms with van der Waals surface area (Å²) in [5, 5.41) is 0. The monoisotopic (exact) mass is 417 g/mol. The molecule has 1 amide bonds. The lowest BCUT2D eigenvalue weighted by Crippen LogP contribution is -2.50. The molecule has 4 aliphatic rings. The molecule has 8 atom stereocenters. The van der Waals surface area contributed by atoms with Crippen LogP contribution in [0.25, 0.3) is 0 Å². The van der Waals surface area contributed by atoms with Gasteiger partial charge in [-0.25, -0.2) is 5.48 Å². The Labute approximate surface area is 181 Å². The summed E-state index contributed by atoms with van der Waals surface area (Å²) >= 11 is 0. The minimum absolute atomic E-state index is 0.0138. The van der Waals surface area contributed by atoms with E-state index < -0.39 is 0 Å². The summed E-state index contributed by atoms with van der Waals surface area (Å²) in [4.78, 5) is 28.8. The molecule has 0 aromatic carbocycles. The lowest BCUT2D eigenvalue weighted by atomic mass is 9.47. The highest BCUT2D eigenvalue weighted by atomic mass is 16.6. The normalized spacial score (nSPS) is 43.5. The van der Waals surface area contributed by atoms with Crippen molar-refractivity contribution in [1.82, 2.24) is 5.48 Å². The second-order valence-electron chi connectivity index (χ2n) is 10.9. The Morgan fingerprint density at radius 2 is 1.80 bits per heavy atom. The Hall–Kier alpha value is -1.36. The zero-order valence-electron chi connectivity index (χ0n) is 19.3. The highest BCUT2D eigenvalue weighted by Crippen LogP contribution is 2.66. The molecular weight excluding hydrogens is 378 g/mol. The minimum atomic E-state index is -0.146. The van der Waals surface area contributed by atoms with Crippen molar-refractivity contribution in [3.8, 4) is 0 Å². The fraction of sp³-hybridized carbons (Fsp3) is 0.840. The number of esters is 1. The molecule has 5 heteroatoms. The number of rotatable bonds is 4. The lowest BCUT2D eigenvalue weighted by molar-refractivity contribution is -0.152. The maximum Gasteiger partial charge on any atom is 0.302 e. The Kier molecular flexibility index (Phi) is 5.80. The topological polar surface area (TPSA) is 64.6 Å². The SMILES string of the molecule is CONC(=O)[C@@H](C)[C@H]1CC[C@H]2C3=CC[C@H]4C[C@@H](OC(C)=O)CC[C@]4(C)[C@H]3CC[C@]12C. The van der Waals surface area contributed by atoms with E-state index in [1.807, 2.05) is 0 Å². The maximum absolute atomic E-state index is 12.5. The van der Waals surface area contributed by atoms with Gasteiger partial charge in [-0.1, -0.05) is 32.4 Å². The molecule has 0 aliphatic heterocycles. The number of carbonyl (C=O) groups excluding carboxylic acids is 2. The molecule has 1 N–H and O–H groups in total. The van der Waals surface area contributed by atoms with E-state index in [2.05, 4.69) is 32.3 Å². The predicted molar refractivity (Wildman–Crippen MR) is 115 cm³/mol. The van der Waals surface area contributed by atoms with Crippen molar-refractivity contribution in [2.45, 2.75) is 85.2 Å². The largest absolute Gasteiger partial charge is 0.463 e. The van der Waals surface area contributed by atoms with Gasteiger partial charge in [0, 0.05) is 12.8 Å². The van der Waals surface area contributed by atoms with Crippen LogP contribution in [0.5, 0.6) is 0 Å². The standard InChI is InChI=1S/C25H39NO4/c1-15(23(28)26-29-5)20-8-9-21-19-7-6-17-14-18(30-16(2)27)10-12-24(17,3)22(19)11-13-25(20,21)4/h7,15,17-18,20-22H,6,8-14H2,1-5H3,(H,26,28)/t15-,17-,18-,20+,21-,22-,24-,25+/m0/s1. The number of hydrogen-bond acceptors (Lipinski definition) is 4. The van der Waals surface area contributed by atoms with Crippen LogP contribution in [0, 0.1) is 40.4 Å². The van der Waals surface area contributed by atoms with Crippen LogP contribution in [0.15, 0.2) is 11.6 Å². The number of amides is 1. The van der Waals surface area contributed by atoms with E-state index in [1.165, 1.54) is 33.3 Å².